The van der Waals surface area contributed by atoms with Crippen LogP contribution in [0.1, 0.15) is 22.8 Å². The number of ether oxygens (including phenoxy) is 2. The van der Waals surface area contributed by atoms with E-state index in [0.717, 1.165) is 23.6 Å². The number of hydrogen-bond donors (Lipinski definition) is 1. The van der Waals surface area contributed by atoms with E-state index < -0.39 is 11.8 Å². The highest BCUT2D eigenvalue weighted by Crippen LogP contribution is 2.17. The van der Waals surface area contributed by atoms with E-state index in [9.17, 15) is 9.18 Å². The molecule has 0 radical (unpaired) electrons. The fraction of sp³-hybridized carbons (Fsp3) is 0.250. The van der Waals surface area contributed by atoms with E-state index in [-0.39, 0.29) is 18.0 Å². The van der Waals surface area contributed by atoms with Gasteiger partial charge >= 0.3 is 5.97 Å². The fourth-order valence-electron chi connectivity index (χ4n) is 1.87. The fourth-order valence-corrected chi connectivity index (χ4v) is 1.87. The van der Waals surface area contributed by atoms with Crippen LogP contribution in [0.15, 0.2) is 36.5 Å². The van der Waals surface area contributed by atoms with Crippen LogP contribution in [0.3, 0.4) is 0 Å². The van der Waals surface area contributed by atoms with Gasteiger partial charge in [-0.25, -0.2) is 14.2 Å². The molecule has 0 aliphatic rings. The normalized spacial score (nSPS) is 10.1. The Bertz CT molecular complexity index is 644. The summed E-state index contributed by atoms with van der Waals surface area (Å²) in [7, 11) is 1.60. The molecule has 0 aliphatic heterocycles. The van der Waals surface area contributed by atoms with Crippen molar-refractivity contribution in [3.8, 4) is 5.75 Å². The molecule has 0 saturated carbocycles. The number of esters is 1. The molecule has 0 amide bonds. The lowest BCUT2D eigenvalue weighted by Crippen LogP contribution is -2.12. The third-order valence-corrected chi connectivity index (χ3v) is 2.97. The molecule has 0 fully saturated rings. The molecule has 1 heterocycles. The number of anilines is 1. The van der Waals surface area contributed by atoms with Crippen LogP contribution in [0.5, 0.6) is 5.75 Å². The standard InChI is InChI=1S/C16H17FN2O3/c1-3-22-16(20)14-8-12(17)10-19-15(14)18-9-11-4-6-13(21-2)7-5-11/h4-8,10H,3,9H2,1-2H3,(H,18,19). The second kappa shape index (κ2) is 7.40. The lowest BCUT2D eigenvalue weighted by molar-refractivity contribution is 0.0526. The van der Waals surface area contributed by atoms with Crippen LogP contribution in [-0.4, -0.2) is 24.7 Å². The summed E-state index contributed by atoms with van der Waals surface area (Å²) in [4.78, 5) is 15.7. The second-order valence-electron chi connectivity index (χ2n) is 4.47. The molecule has 0 spiro atoms. The highest BCUT2D eigenvalue weighted by atomic mass is 19.1. The summed E-state index contributed by atoms with van der Waals surface area (Å²) >= 11 is 0. The molecule has 5 nitrogen and oxygen atoms in total. The quantitative estimate of drug-likeness (QED) is 0.831. The Kier molecular flexibility index (Phi) is 5.30. The summed E-state index contributed by atoms with van der Waals surface area (Å²) in [6.07, 6.45) is 1.05. The van der Waals surface area contributed by atoms with E-state index in [2.05, 4.69) is 10.3 Å². The van der Waals surface area contributed by atoms with E-state index in [0.29, 0.717) is 6.54 Å². The van der Waals surface area contributed by atoms with Crippen molar-refractivity contribution < 1.29 is 18.7 Å². The molecule has 6 heteroatoms. The molecule has 0 aliphatic carbocycles. The lowest BCUT2D eigenvalue weighted by Gasteiger charge is -2.11. The molecule has 0 atom stereocenters. The van der Waals surface area contributed by atoms with Crippen molar-refractivity contribution in [3.63, 3.8) is 0 Å². The number of carbonyl (C=O) groups is 1. The first-order valence-electron chi connectivity index (χ1n) is 6.83. The maximum Gasteiger partial charge on any atom is 0.342 e. The zero-order valence-electron chi connectivity index (χ0n) is 12.4. The summed E-state index contributed by atoms with van der Waals surface area (Å²) in [5, 5.41) is 3.01. The molecule has 0 unspecified atom stereocenters. The number of nitrogens with zero attached hydrogens (tertiary/aromatic N) is 1. The number of pyridine rings is 1. The SMILES string of the molecule is CCOC(=O)c1cc(F)cnc1NCc1ccc(OC)cc1. The topological polar surface area (TPSA) is 60.5 Å². The van der Waals surface area contributed by atoms with Gasteiger partial charge < -0.3 is 14.8 Å². The van der Waals surface area contributed by atoms with E-state index in [1.807, 2.05) is 24.3 Å². The Labute approximate surface area is 128 Å². The monoisotopic (exact) mass is 304 g/mol. The molecule has 0 bridgehead atoms. The number of benzene rings is 1. The number of halogens is 1. The predicted octanol–water partition coefficient (Wildman–Crippen LogP) is 3.02. The third kappa shape index (κ3) is 3.94. The van der Waals surface area contributed by atoms with E-state index in [1.165, 1.54) is 0 Å². The van der Waals surface area contributed by atoms with E-state index >= 15 is 0 Å². The summed E-state index contributed by atoms with van der Waals surface area (Å²) in [5.41, 5.74) is 1.05. The van der Waals surface area contributed by atoms with Crippen LogP contribution in [0.4, 0.5) is 10.2 Å². The Morgan fingerprint density at radius 2 is 2.05 bits per heavy atom. The predicted molar refractivity (Wildman–Crippen MR) is 80.5 cm³/mol. The molecule has 1 aromatic carbocycles. The minimum atomic E-state index is -0.605. The molecule has 0 saturated heterocycles. The first-order chi connectivity index (χ1) is 10.6. The number of aromatic nitrogens is 1. The van der Waals surface area contributed by atoms with Crippen molar-refractivity contribution in [2.24, 2.45) is 0 Å². The minimum Gasteiger partial charge on any atom is -0.497 e. The van der Waals surface area contributed by atoms with Gasteiger partial charge in [0.1, 0.15) is 22.9 Å². The lowest BCUT2D eigenvalue weighted by atomic mass is 10.2. The highest BCUT2D eigenvalue weighted by molar-refractivity contribution is 5.94. The average Bonchev–Trinajstić information content (AvgIpc) is 2.54. The summed E-state index contributed by atoms with van der Waals surface area (Å²) in [6.45, 7) is 2.34. The van der Waals surface area contributed by atoms with Gasteiger partial charge in [0, 0.05) is 6.54 Å². The number of carbonyl (C=O) groups excluding carboxylic acids is 1. The zero-order valence-corrected chi connectivity index (χ0v) is 12.4. The van der Waals surface area contributed by atoms with Crippen molar-refractivity contribution >= 4 is 11.8 Å². The van der Waals surface area contributed by atoms with Gasteiger partial charge in [-0.05, 0) is 30.7 Å². The summed E-state index contributed by atoms with van der Waals surface area (Å²) < 4.78 is 23.3. The number of hydrogen-bond acceptors (Lipinski definition) is 5. The molecule has 116 valence electrons. The Morgan fingerprint density at radius 1 is 1.32 bits per heavy atom. The van der Waals surface area contributed by atoms with Crippen molar-refractivity contribution in [1.29, 1.82) is 0 Å². The maximum atomic E-state index is 13.3. The van der Waals surface area contributed by atoms with E-state index in [4.69, 9.17) is 9.47 Å². The first kappa shape index (κ1) is 15.8. The van der Waals surface area contributed by atoms with E-state index in [1.54, 1.807) is 14.0 Å². The number of nitrogens with one attached hydrogen (secondary N) is 1. The van der Waals surface area contributed by atoms with Crippen LogP contribution in [-0.2, 0) is 11.3 Å². The summed E-state index contributed by atoms with van der Waals surface area (Å²) in [5.74, 6) is -0.142. The minimum absolute atomic E-state index is 0.0790. The number of methoxy groups -OCH3 is 1. The van der Waals surface area contributed by atoms with Crippen molar-refractivity contribution in [2.45, 2.75) is 13.5 Å². The average molecular weight is 304 g/mol. The van der Waals surface area contributed by atoms with Crippen molar-refractivity contribution in [3.05, 3.63) is 53.5 Å². The largest absolute Gasteiger partial charge is 0.497 e. The van der Waals surface area contributed by atoms with Crippen LogP contribution in [0, 0.1) is 5.82 Å². The third-order valence-electron chi connectivity index (χ3n) is 2.97. The Morgan fingerprint density at radius 3 is 2.68 bits per heavy atom. The van der Waals surface area contributed by atoms with Crippen LogP contribution < -0.4 is 10.1 Å². The molecule has 1 aromatic heterocycles. The maximum absolute atomic E-state index is 13.3. The summed E-state index contributed by atoms with van der Waals surface area (Å²) in [6, 6.07) is 8.56. The van der Waals surface area contributed by atoms with Gasteiger partial charge in [0.25, 0.3) is 0 Å². The van der Waals surface area contributed by atoms with Gasteiger partial charge in [-0.15, -0.1) is 0 Å². The van der Waals surface area contributed by atoms with Gasteiger partial charge in [0.05, 0.1) is 19.9 Å². The Hall–Kier alpha value is -2.63. The molecular formula is C16H17FN2O3. The van der Waals surface area contributed by atoms with Gasteiger partial charge in [0.2, 0.25) is 0 Å². The Balaban J connectivity index is 2.12. The van der Waals surface area contributed by atoms with Gasteiger partial charge in [0.15, 0.2) is 0 Å². The smallest absolute Gasteiger partial charge is 0.342 e. The second-order valence-corrected chi connectivity index (χ2v) is 4.47. The molecule has 2 aromatic rings. The first-order valence-corrected chi connectivity index (χ1v) is 6.83. The zero-order chi connectivity index (χ0) is 15.9. The van der Waals surface area contributed by atoms with Gasteiger partial charge in [-0.2, -0.15) is 0 Å². The van der Waals surface area contributed by atoms with Gasteiger partial charge in [-0.3, -0.25) is 0 Å². The molecule has 1 N–H and O–H groups in total. The molecule has 22 heavy (non-hydrogen) atoms. The highest BCUT2D eigenvalue weighted by Gasteiger charge is 2.15. The molecule has 2 rings (SSSR count). The van der Waals surface area contributed by atoms with Crippen LogP contribution in [0.25, 0.3) is 0 Å². The van der Waals surface area contributed by atoms with Crippen molar-refractivity contribution in [1.82, 2.24) is 4.98 Å². The molecular weight excluding hydrogens is 287 g/mol. The van der Waals surface area contributed by atoms with Crippen molar-refractivity contribution in [2.75, 3.05) is 19.0 Å². The number of rotatable bonds is 6. The van der Waals surface area contributed by atoms with Gasteiger partial charge in [-0.1, -0.05) is 12.1 Å². The van der Waals surface area contributed by atoms with Crippen LogP contribution >= 0.6 is 0 Å². The van der Waals surface area contributed by atoms with Crippen LogP contribution in [0.2, 0.25) is 0 Å².